The van der Waals surface area contributed by atoms with E-state index in [1.54, 1.807) is 6.92 Å². The lowest BCUT2D eigenvalue weighted by Gasteiger charge is -2.51. The van der Waals surface area contributed by atoms with Crippen LogP contribution in [0.2, 0.25) is 0 Å². The molecule has 2 N–H and O–H groups in total. The average molecular weight is 217 g/mol. The Morgan fingerprint density at radius 1 is 1.14 bits per heavy atom. The number of nitrogens with two attached hydrogens (primary N) is 1. The van der Waals surface area contributed by atoms with Gasteiger partial charge in [-0.15, -0.1) is 9.81 Å². The predicted octanol–water partition coefficient (Wildman–Crippen LogP) is 1.33. The summed E-state index contributed by atoms with van der Waals surface area (Å²) in [6, 6.07) is 5.44. The second kappa shape index (κ2) is 4.18. The van der Waals surface area contributed by atoms with Gasteiger partial charge in [-0.25, -0.2) is 0 Å². The number of sulfonamides is 3. The third kappa shape index (κ3) is 3.97. The van der Waals surface area contributed by atoms with Crippen molar-refractivity contribution in [3.63, 3.8) is 0 Å². The van der Waals surface area contributed by atoms with E-state index < -0.39 is 14.7 Å². The molecule has 0 saturated heterocycles. The predicted molar refractivity (Wildman–Crippen MR) is 54.7 cm³/mol. The number of hydrogen-bond acceptors (Lipinski definition) is 3. The first kappa shape index (κ1) is 13.2. The lowest BCUT2D eigenvalue weighted by molar-refractivity contribution is 0.359. The van der Waals surface area contributed by atoms with Gasteiger partial charge in [0.2, 0.25) is 0 Å². The number of aryl methyl sites for hydroxylation is 1. The molecule has 0 bridgehead atoms. The van der Waals surface area contributed by atoms with Crippen molar-refractivity contribution in [1.82, 2.24) is 0 Å². The second-order valence-electron chi connectivity index (χ2n) is 2.67. The molecule has 1 aromatic carbocycles. The van der Waals surface area contributed by atoms with E-state index in [-0.39, 0.29) is 0 Å². The minimum atomic E-state index is -5.53. The van der Waals surface area contributed by atoms with E-state index in [1.165, 1.54) is 24.3 Å². The zero-order valence-electron chi connectivity index (χ0n) is 8.52. The molecule has 0 unspecified atom stereocenters. The molecule has 4 nitrogen and oxygen atoms in total. The van der Waals surface area contributed by atoms with Crippen LogP contribution in [0.1, 0.15) is 19.4 Å². The van der Waals surface area contributed by atoms with Crippen molar-refractivity contribution in [1.29, 1.82) is 0 Å². The summed E-state index contributed by atoms with van der Waals surface area (Å²) in [5, 5.41) is 4.59. The lowest BCUT2D eigenvalue weighted by Crippen LogP contribution is -2.41. The highest BCUT2D eigenvalue weighted by atomic mass is 32.3. The van der Waals surface area contributed by atoms with E-state index in [4.69, 9.17) is 0 Å². The molecular formula is C9H15NO3S-2. The molecule has 5 heteroatoms. The molecule has 1 rings (SSSR count). The van der Waals surface area contributed by atoms with Crippen molar-refractivity contribution in [2.75, 3.05) is 0 Å². The molecule has 14 heavy (non-hydrogen) atoms. The molecule has 0 amide bonds. The van der Waals surface area contributed by atoms with Crippen LogP contribution in [-0.4, -0.2) is 13.3 Å². The SMILES string of the molecule is CC.Cc1ccc(S(N)(=O)([O-])[O-])cc1. The highest BCUT2D eigenvalue weighted by molar-refractivity contribution is 8.08. The topological polar surface area (TPSA) is 89.2 Å². The van der Waals surface area contributed by atoms with Crippen LogP contribution < -0.4 is 5.14 Å². The van der Waals surface area contributed by atoms with Crippen LogP contribution >= 0.6 is 0 Å². The average Bonchev–Trinajstić information content (AvgIpc) is 2.05. The molecule has 0 aliphatic rings. The zero-order valence-corrected chi connectivity index (χ0v) is 9.34. The first-order valence-electron chi connectivity index (χ1n) is 4.26. The van der Waals surface area contributed by atoms with Crippen molar-refractivity contribution in [2.24, 2.45) is 5.14 Å². The summed E-state index contributed by atoms with van der Waals surface area (Å²) in [5.41, 5.74) is 0.871. The quantitative estimate of drug-likeness (QED) is 0.769. The highest BCUT2D eigenvalue weighted by Gasteiger charge is 2.05. The van der Waals surface area contributed by atoms with Gasteiger partial charge in [-0.2, -0.15) is 0 Å². The molecule has 82 valence electrons. The molecule has 0 aliphatic heterocycles. The lowest BCUT2D eigenvalue weighted by atomic mass is 10.2. The summed E-state index contributed by atoms with van der Waals surface area (Å²) in [6.07, 6.45) is 0. The summed E-state index contributed by atoms with van der Waals surface area (Å²) in [6.45, 7) is 5.78. The number of benzene rings is 1. The number of hydrogen-bond donors (Lipinski definition) is 1. The normalized spacial score (nSPS) is 13.4. The smallest absolute Gasteiger partial charge is 0.00482 e. The maximum atomic E-state index is 10.8. The summed E-state index contributed by atoms with van der Waals surface area (Å²) in [4.78, 5) is -0.391. The standard InChI is InChI=1S/C7H11NO3S.C2H6/c1-6-2-4-7(5-3-6)12(8,9,10)11;1-2/h2-5H,1H3,(H4,8,9,10,11);1-2H3/p-2. The molecule has 0 radical (unpaired) electrons. The second-order valence-corrected chi connectivity index (χ2v) is 4.87. The third-order valence-electron chi connectivity index (χ3n) is 1.45. The van der Waals surface area contributed by atoms with Gasteiger partial charge in [-0.05, 0) is 19.1 Å². The molecule has 0 saturated carbocycles. The van der Waals surface area contributed by atoms with Gasteiger partial charge in [-0.1, -0.05) is 31.5 Å². The Morgan fingerprint density at radius 3 is 1.79 bits per heavy atom. The van der Waals surface area contributed by atoms with Gasteiger partial charge in [0.15, 0.2) is 0 Å². The molecule has 0 aliphatic carbocycles. The van der Waals surface area contributed by atoms with Crippen LogP contribution in [0.25, 0.3) is 0 Å². The molecule has 0 heterocycles. The summed E-state index contributed by atoms with van der Waals surface area (Å²) in [7, 11) is -5.53. The van der Waals surface area contributed by atoms with E-state index in [1.807, 2.05) is 13.8 Å². The molecule has 0 fully saturated rings. The molecule has 0 spiro atoms. The highest BCUT2D eigenvalue weighted by Crippen LogP contribution is 2.20. The largest absolute Gasteiger partial charge is 0.785 e. The number of primary sulfonamides is 3. The van der Waals surface area contributed by atoms with Crippen molar-refractivity contribution < 1.29 is 13.3 Å². The van der Waals surface area contributed by atoms with Gasteiger partial charge in [0, 0.05) is 4.90 Å². The van der Waals surface area contributed by atoms with E-state index in [0.29, 0.717) is 0 Å². The summed E-state index contributed by atoms with van der Waals surface area (Å²) in [5.74, 6) is 0. The Balaban J connectivity index is 0.000000791. The van der Waals surface area contributed by atoms with Gasteiger partial charge in [0.25, 0.3) is 0 Å². The van der Waals surface area contributed by atoms with Crippen LogP contribution in [0, 0.1) is 6.92 Å². The first-order valence-corrected chi connectivity index (χ1v) is 6.14. The van der Waals surface area contributed by atoms with Gasteiger partial charge in [0.1, 0.15) is 0 Å². The maximum Gasteiger partial charge on any atom is 0.00482 e. The minimum Gasteiger partial charge on any atom is -0.785 e. The van der Waals surface area contributed by atoms with Gasteiger partial charge < -0.3 is 9.11 Å². The van der Waals surface area contributed by atoms with E-state index in [0.717, 1.165) is 5.56 Å². The zero-order chi connectivity index (χ0) is 11.4. The maximum absolute atomic E-state index is 10.8. The van der Waals surface area contributed by atoms with Gasteiger partial charge in [0.05, 0.1) is 0 Å². The Hall–Kier alpha value is -0.750. The van der Waals surface area contributed by atoms with Crippen molar-refractivity contribution in [3.05, 3.63) is 29.8 Å². The van der Waals surface area contributed by atoms with Crippen molar-refractivity contribution >= 4 is 9.81 Å². The van der Waals surface area contributed by atoms with E-state index in [9.17, 15) is 13.3 Å². The monoisotopic (exact) mass is 217 g/mol. The van der Waals surface area contributed by atoms with E-state index >= 15 is 0 Å². The fourth-order valence-corrected chi connectivity index (χ4v) is 1.41. The van der Waals surface area contributed by atoms with Gasteiger partial charge in [-0.3, -0.25) is 9.35 Å². The molecule has 0 atom stereocenters. The summed E-state index contributed by atoms with van der Waals surface area (Å²) < 4.78 is 32.3. The minimum absolute atomic E-state index is 0.391. The van der Waals surface area contributed by atoms with Crippen molar-refractivity contribution in [2.45, 2.75) is 25.7 Å². The van der Waals surface area contributed by atoms with Crippen LogP contribution in [-0.2, 0) is 9.81 Å². The van der Waals surface area contributed by atoms with Crippen LogP contribution in [0.5, 0.6) is 0 Å². The van der Waals surface area contributed by atoms with Gasteiger partial charge >= 0.3 is 0 Å². The van der Waals surface area contributed by atoms with Crippen LogP contribution in [0.4, 0.5) is 0 Å². The van der Waals surface area contributed by atoms with Crippen LogP contribution in [0.15, 0.2) is 29.2 Å². The first-order chi connectivity index (χ1) is 6.26. The summed E-state index contributed by atoms with van der Waals surface area (Å²) >= 11 is 0. The number of rotatable bonds is 1. The van der Waals surface area contributed by atoms with Crippen LogP contribution in [0.3, 0.4) is 0 Å². The fraction of sp³-hybridized carbons (Fsp3) is 0.333. The molecule has 0 aromatic heterocycles. The Morgan fingerprint density at radius 2 is 1.50 bits per heavy atom. The Labute approximate surface area is 84.3 Å². The Kier molecular flexibility index (Phi) is 3.96. The fourth-order valence-electron chi connectivity index (χ4n) is 0.784. The molecule has 1 aromatic rings. The third-order valence-corrected chi connectivity index (χ3v) is 2.57. The molecular weight excluding hydrogens is 202 g/mol. The van der Waals surface area contributed by atoms with Crippen molar-refractivity contribution in [3.8, 4) is 0 Å². The van der Waals surface area contributed by atoms with E-state index in [2.05, 4.69) is 5.14 Å². The Bertz CT molecular complexity index is 342.